The molecular formula is C10H12F3N4O2S+. The average molecular weight is 309 g/mol. The summed E-state index contributed by atoms with van der Waals surface area (Å²) in [6.07, 6.45) is 3.92. The predicted octanol–water partition coefficient (Wildman–Crippen LogP) is 0.131. The van der Waals surface area contributed by atoms with Gasteiger partial charge in [0.1, 0.15) is 6.20 Å². The van der Waals surface area contributed by atoms with Gasteiger partial charge in [-0.3, -0.25) is 4.90 Å². The third kappa shape index (κ3) is 4.33. The normalized spacial score (nSPS) is 17.8. The van der Waals surface area contributed by atoms with E-state index in [1.165, 1.54) is 10.7 Å². The number of amidine groups is 1. The zero-order valence-corrected chi connectivity index (χ0v) is 11.5. The van der Waals surface area contributed by atoms with E-state index in [0.717, 1.165) is 18.7 Å². The molecule has 1 rings (SSSR count). The summed E-state index contributed by atoms with van der Waals surface area (Å²) < 4.78 is 55.2. The van der Waals surface area contributed by atoms with Crippen molar-refractivity contribution in [3.05, 3.63) is 12.4 Å². The van der Waals surface area contributed by atoms with Crippen LogP contribution >= 0.6 is 0 Å². The smallest absolute Gasteiger partial charge is 0.263 e. The van der Waals surface area contributed by atoms with Crippen LogP contribution in [0.4, 0.5) is 13.2 Å². The molecule has 0 aromatic carbocycles. The van der Waals surface area contributed by atoms with Gasteiger partial charge < -0.3 is 0 Å². The van der Waals surface area contributed by atoms with Crippen LogP contribution in [-0.4, -0.2) is 31.6 Å². The van der Waals surface area contributed by atoms with Crippen LogP contribution in [0.2, 0.25) is 0 Å². The fraction of sp³-hybridized carbons (Fsp3) is 0.500. The Balaban J connectivity index is 0.000000388. The van der Waals surface area contributed by atoms with E-state index in [0.29, 0.717) is 0 Å². The van der Waals surface area contributed by atoms with Crippen LogP contribution < -0.4 is 4.90 Å². The minimum Gasteiger partial charge on any atom is -0.263 e. The Morgan fingerprint density at radius 2 is 1.90 bits per heavy atom. The molecule has 0 saturated heterocycles. The number of nitrogens with one attached hydrogen (secondary N) is 1. The standard InChI is InChI=1S/C6H10N2.C4HF3N2O2S/c1-3-8-5-4-7-6(8)2;5-4(6,7)12(10,11)3(1-8)2-9/h4-5H,3H2,1-2H3;3H/p+1. The van der Waals surface area contributed by atoms with Gasteiger partial charge in [0.05, 0.1) is 24.9 Å². The van der Waals surface area contributed by atoms with Crippen molar-refractivity contribution < 1.29 is 26.5 Å². The van der Waals surface area contributed by atoms with Gasteiger partial charge in [0.15, 0.2) is 0 Å². The van der Waals surface area contributed by atoms with E-state index < -0.39 is 20.6 Å². The van der Waals surface area contributed by atoms with Crippen LogP contribution in [0.1, 0.15) is 13.8 Å². The Hall–Kier alpha value is -1.91. The van der Waals surface area contributed by atoms with E-state index in [-0.39, 0.29) is 0 Å². The van der Waals surface area contributed by atoms with E-state index in [1.54, 1.807) is 0 Å². The maximum Gasteiger partial charge on any atom is 0.499 e. The highest BCUT2D eigenvalue weighted by molar-refractivity contribution is 7.93. The van der Waals surface area contributed by atoms with Gasteiger partial charge in [-0.25, -0.2) is 13.4 Å². The SMILES string of the molecule is CC[NH+]1C=CN=C1C.N#CC(C#N)S(=O)(=O)C(F)(F)F. The van der Waals surface area contributed by atoms with Crippen LogP contribution in [0.25, 0.3) is 0 Å². The van der Waals surface area contributed by atoms with Crippen molar-refractivity contribution in [2.24, 2.45) is 4.99 Å². The molecule has 1 unspecified atom stereocenters. The molecule has 10 heteroatoms. The number of nitrogens with zero attached hydrogens (tertiary/aromatic N) is 3. The van der Waals surface area contributed by atoms with Crippen molar-refractivity contribution in [3.63, 3.8) is 0 Å². The Kier molecular flexibility index (Phi) is 6.36. The minimum absolute atomic E-state index is 0.729. The third-order valence-corrected chi connectivity index (χ3v) is 3.73. The van der Waals surface area contributed by atoms with Crippen LogP contribution in [0.5, 0.6) is 0 Å². The number of nitriles is 2. The number of quaternary nitrogens is 1. The molecule has 20 heavy (non-hydrogen) atoms. The minimum atomic E-state index is -5.66. The van der Waals surface area contributed by atoms with Gasteiger partial charge in [-0.05, 0) is 6.92 Å². The number of hydrogen-bond donors (Lipinski definition) is 1. The summed E-state index contributed by atoms with van der Waals surface area (Å²) in [5, 5.41) is 13.1. The summed E-state index contributed by atoms with van der Waals surface area (Å²) in [5.41, 5.74) is -5.55. The van der Waals surface area contributed by atoms with Crippen molar-refractivity contribution in [1.29, 1.82) is 10.5 Å². The van der Waals surface area contributed by atoms with Crippen molar-refractivity contribution in [3.8, 4) is 12.1 Å². The van der Waals surface area contributed by atoms with E-state index in [4.69, 9.17) is 10.5 Å². The number of hydrogen-bond acceptors (Lipinski definition) is 5. The van der Waals surface area contributed by atoms with Crippen LogP contribution in [0.15, 0.2) is 17.4 Å². The molecule has 0 saturated carbocycles. The fourth-order valence-corrected chi connectivity index (χ4v) is 1.66. The first-order valence-electron chi connectivity index (χ1n) is 5.28. The van der Waals surface area contributed by atoms with Crippen molar-refractivity contribution in [1.82, 2.24) is 0 Å². The molecule has 0 aromatic rings. The molecule has 6 nitrogen and oxygen atoms in total. The number of alkyl halides is 3. The average Bonchev–Trinajstić information content (AvgIpc) is 2.75. The molecular weight excluding hydrogens is 297 g/mol. The Labute approximate surface area is 114 Å². The van der Waals surface area contributed by atoms with E-state index in [2.05, 4.69) is 18.1 Å². The molecule has 0 amide bonds. The second-order valence-corrected chi connectivity index (χ2v) is 5.56. The summed E-state index contributed by atoms with van der Waals surface area (Å²) >= 11 is 0. The highest BCUT2D eigenvalue weighted by Gasteiger charge is 2.51. The van der Waals surface area contributed by atoms with Gasteiger partial charge in [-0.2, -0.15) is 23.7 Å². The first-order valence-corrected chi connectivity index (χ1v) is 6.83. The summed E-state index contributed by atoms with van der Waals surface area (Å²) in [6.45, 7) is 5.29. The lowest BCUT2D eigenvalue weighted by molar-refractivity contribution is -0.742. The molecule has 0 spiro atoms. The highest BCUT2D eigenvalue weighted by atomic mass is 32.2. The number of halogens is 3. The number of rotatable bonds is 2. The maximum atomic E-state index is 11.6. The molecule has 110 valence electrons. The molecule has 0 bridgehead atoms. The van der Waals surface area contributed by atoms with Crippen molar-refractivity contribution in [2.75, 3.05) is 6.54 Å². The first-order chi connectivity index (χ1) is 9.11. The predicted molar refractivity (Wildman–Crippen MR) is 63.7 cm³/mol. The Morgan fingerprint density at radius 3 is 2.05 bits per heavy atom. The highest BCUT2D eigenvalue weighted by Crippen LogP contribution is 2.26. The topological polar surface area (TPSA) is 98.5 Å². The second-order valence-electron chi connectivity index (χ2n) is 3.54. The summed E-state index contributed by atoms with van der Waals surface area (Å²) in [6, 6.07) is 1.46. The van der Waals surface area contributed by atoms with Crippen molar-refractivity contribution in [2.45, 2.75) is 24.6 Å². The molecule has 1 atom stereocenters. The van der Waals surface area contributed by atoms with Gasteiger partial charge in [-0.15, -0.1) is 0 Å². The molecule has 0 fully saturated rings. The fourth-order valence-electron chi connectivity index (χ4n) is 1.12. The lowest BCUT2D eigenvalue weighted by Gasteiger charge is -2.06. The number of aliphatic imine (C=N–C) groups is 1. The van der Waals surface area contributed by atoms with E-state index in [1.807, 2.05) is 13.1 Å². The molecule has 0 radical (unpaired) electrons. The monoisotopic (exact) mass is 309 g/mol. The number of sulfone groups is 1. The third-order valence-electron chi connectivity index (χ3n) is 2.26. The molecule has 1 aliphatic rings. The second kappa shape index (κ2) is 7.03. The molecule has 1 heterocycles. The van der Waals surface area contributed by atoms with Gasteiger partial charge in [-0.1, -0.05) is 0 Å². The lowest BCUT2D eigenvalue weighted by atomic mass is 10.5. The molecule has 0 aliphatic carbocycles. The van der Waals surface area contributed by atoms with Gasteiger partial charge >= 0.3 is 5.51 Å². The largest absolute Gasteiger partial charge is 0.499 e. The van der Waals surface area contributed by atoms with Crippen LogP contribution in [-0.2, 0) is 9.84 Å². The maximum absolute atomic E-state index is 11.6. The first kappa shape index (κ1) is 18.1. The lowest BCUT2D eigenvalue weighted by Crippen LogP contribution is -3.08. The molecule has 1 aliphatic heterocycles. The van der Waals surface area contributed by atoms with Gasteiger partial charge in [0, 0.05) is 6.92 Å². The zero-order valence-electron chi connectivity index (χ0n) is 10.6. The van der Waals surface area contributed by atoms with Gasteiger partial charge in [0.2, 0.25) is 11.1 Å². The summed E-state index contributed by atoms with van der Waals surface area (Å²) in [7, 11) is -5.66. The Bertz CT molecular complexity index is 567. The van der Waals surface area contributed by atoms with Crippen molar-refractivity contribution >= 4 is 15.7 Å². The Morgan fingerprint density at radius 1 is 1.40 bits per heavy atom. The van der Waals surface area contributed by atoms with E-state index in [9.17, 15) is 21.6 Å². The van der Waals surface area contributed by atoms with Crippen LogP contribution in [0, 0.1) is 22.7 Å². The summed E-state index contributed by atoms with van der Waals surface area (Å²) in [4.78, 5) is 5.45. The van der Waals surface area contributed by atoms with Crippen LogP contribution in [0.3, 0.4) is 0 Å². The molecule has 0 aromatic heterocycles. The summed E-state index contributed by atoms with van der Waals surface area (Å²) in [5.74, 6) is 1.17. The van der Waals surface area contributed by atoms with Gasteiger partial charge in [0.25, 0.3) is 9.84 Å². The zero-order chi connectivity index (χ0) is 16.0. The van der Waals surface area contributed by atoms with E-state index >= 15 is 0 Å². The quantitative estimate of drug-likeness (QED) is 0.784. The molecule has 1 N–H and O–H groups in total.